The first-order valence-electron chi connectivity index (χ1n) is 7.66. The summed E-state index contributed by atoms with van der Waals surface area (Å²) in [6.45, 7) is 0. The Kier molecular flexibility index (Phi) is 4.17. The number of imide groups is 1. The number of thiazole rings is 1. The number of benzene rings is 2. The fourth-order valence-corrected chi connectivity index (χ4v) is 5.07. The fraction of sp³-hybridized carbons (Fsp3) is 0.118. The number of fused-ring (bicyclic) bond motifs is 1. The molecule has 2 amide bonds. The Labute approximate surface area is 155 Å². The molecule has 26 heavy (non-hydrogen) atoms. The third-order valence-electron chi connectivity index (χ3n) is 3.92. The van der Waals surface area contributed by atoms with Crippen molar-refractivity contribution in [1.29, 1.82) is 0 Å². The second-order valence-electron chi connectivity index (χ2n) is 5.60. The van der Waals surface area contributed by atoms with Gasteiger partial charge in [0.2, 0.25) is 11.8 Å². The lowest BCUT2D eigenvalue weighted by Gasteiger charge is -2.14. The molecule has 1 aliphatic heterocycles. The number of nitro benzene ring substituents is 1. The van der Waals surface area contributed by atoms with Crippen LogP contribution in [0.4, 0.5) is 11.4 Å². The number of anilines is 1. The molecule has 2 aromatic carbocycles. The van der Waals surface area contributed by atoms with Crippen molar-refractivity contribution in [3.8, 4) is 0 Å². The summed E-state index contributed by atoms with van der Waals surface area (Å²) in [5.41, 5.74) is 0.916. The minimum Gasteiger partial charge on any atom is -0.274 e. The summed E-state index contributed by atoms with van der Waals surface area (Å²) in [6.07, 6.45) is 0.0438. The van der Waals surface area contributed by atoms with Gasteiger partial charge in [0, 0.05) is 18.6 Å². The van der Waals surface area contributed by atoms with Crippen LogP contribution in [-0.2, 0) is 9.59 Å². The van der Waals surface area contributed by atoms with Crippen LogP contribution in [-0.4, -0.2) is 27.0 Å². The number of carbonyl (C=O) groups is 2. The van der Waals surface area contributed by atoms with Gasteiger partial charge < -0.3 is 0 Å². The molecule has 1 aliphatic rings. The zero-order chi connectivity index (χ0) is 18.3. The Morgan fingerprint density at radius 3 is 2.77 bits per heavy atom. The Balaban J connectivity index is 1.59. The van der Waals surface area contributed by atoms with Gasteiger partial charge >= 0.3 is 0 Å². The van der Waals surface area contributed by atoms with Crippen molar-refractivity contribution < 1.29 is 14.5 Å². The first-order valence-corrected chi connectivity index (χ1v) is 9.36. The highest BCUT2D eigenvalue weighted by atomic mass is 32.2. The van der Waals surface area contributed by atoms with Crippen molar-refractivity contribution in [2.45, 2.75) is 16.0 Å². The third-order valence-corrected chi connectivity index (χ3v) is 6.24. The van der Waals surface area contributed by atoms with Gasteiger partial charge in [-0.15, -0.1) is 11.3 Å². The number of nitrogens with zero attached hydrogens (tertiary/aromatic N) is 3. The average Bonchev–Trinajstić information content (AvgIpc) is 3.15. The minimum atomic E-state index is -0.581. The van der Waals surface area contributed by atoms with Gasteiger partial charge in [-0.1, -0.05) is 30.0 Å². The number of hydrogen-bond acceptors (Lipinski definition) is 7. The van der Waals surface area contributed by atoms with Gasteiger partial charge in [0.25, 0.3) is 5.69 Å². The topological polar surface area (TPSA) is 93.4 Å². The van der Waals surface area contributed by atoms with Crippen LogP contribution in [0.1, 0.15) is 6.42 Å². The number of thioether (sulfide) groups is 1. The van der Waals surface area contributed by atoms with Gasteiger partial charge in [0.15, 0.2) is 4.34 Å². The van der Waals surface area contributed by atoms with Gasteiger partial charge in [0.1, 0.15) is 5.25 Å². The van der Waals surface area contributed by atoms with E-state index >= 15 is 0 Å². The van der Waals surface area contributed by atoms with Crippen LogP contribution in [0, 0.1) is 10.1 Å². The molecule has 1 aromatic heterocycles. The fourth-order valence-electron chi connectivity index (χ4n) is 2.74. The van der Waals surface area contributed by atoms with E-state index < -0.39 is 10.2 Å². The second-order valence-corrected chi connectivity index (χ2v) is 8.08. The van der Waals surface area contributed by atoms with Crippen LogP contribution in [0.5, 0.6) is 0 Å². The number of non-ortho nitro benzene ring substituents is 1. The van der Waals surface area contributed by atoms with Crippen molar-refractivity contribution in [3.05, 3.63) is 58.6 Å². The van der Waals surface area contributed by atoms with Crippen molar-refractivity contribution in [2.75, 3.05) is 4.90 Å². The van der Waals surface area contributed by atoms with Crippen molar-refractivity contribution in [1.82, 2.24) is 4.98 Å². The summed E-state index contributed by atoms with van der Waals surface area (Å²) in [5, 5.41) is 10.3. The van der Waals surface area contributed by atoms with E-state index in [-0.39, 0.29) is 29.6 Å². The second kappa shape index (κ2) is 6.50. The molecule has 1 saturated heterocycles. The van der Waals surface area contributed by atoms with Crippen LogP contribution in [0.15, 0.2) is 52.9 Å². The number of rotatable bonds is 4. The number of nitro groups is 1. The standard InChI is InChI=1S/C17H11N3O4S2/c21-15-9-14(26-17-18-12-6-1-2-7-13(12)25-17)16(22)19(15)10-4-3-5-11(8-10)20(23)24/h1-8,14H,9H2. The van der Waals surface area contributed by atoms with Crippen molar-refractivity contribution in [2.24, 2.45) is 0 Å². The quantitative estimate of drug-likeness (QED) is 0.387. The molecule has 0 saturated carbocycles. The molecule has 0 aliphatic carbocycles. The maximum atomic E-state index is 12.7. The summed E-state index contributed by atoms with van der Waals surface area (Å²) in [5.74, 6) is -0.742. The Morgan fingerprint density at radius 1 is 1.19 bits per heavy atom. The van der Waals surface area contributed by atoms with Gasteiger partial charge in [-0.05, 0) is 18.2 Å². The summed E-state index contributed by atoms with van der Waals surface area (Å²) < 4.78 is 1.74. The van der Waals surface area contributed by atoms with E-state index in [1.165, 1.54) is 47.4 Å². The summed E-state index contributed by atoms with van der Waals surface area (Å²) in [7, 11) is 0. The lowest BCUT2D eigenvalue weighted by molar-refractivity contribution is -0.384. The molecule has 130 valence electrons. The molecule has 7 nitrogen and oxygen atoms in total. The third kappa shape index (κ3) is 2.95. The molecular formula is C17H11N3O4S2. The van der Waals surface area contributed by atoms with E-state index in [2.05, 4.69) is 4.98 Å². The van der Waals surface area contributed by atoms with Gasteiger partial charge in [-0.2, -0.15) is 0 Å². The molecule has 1 fully saturated rings. The molecule has 2 heterocycles. The zero-order valence-electron chi connectivity index (χ0n) is 13.2. The lowest BCUT2D eigenvalue weighted by Crippen LogP contribution is -2.31. The molecule has 1 unspecified atom stereocenters. The average molecular weight is 385 g/mol. The largest absolute Gasteiger partial charge is 0.274 e. The number of carbonyl (C=O) groups excluding carboxylic acids is 2. The predicted octanol–water partition coefficient (Wildman–Crippen LogP) is 3.63. The molecule has 0 spiro atoms. The highest BCUT2D eigenvalue weighted by Crippen LogP contribution is 2.37. The van der Waals surface area contributed by atoms with E-state index in [0.29, 0.717) is 0 Å². The first kappa shape index (κ1) is 16.7. The van der Waals surface area contributed by atoms with Crippen LogP contribution >= 0.6 is 23.1 Å². The molecule has 9 heteroatoms. The number of amides is 2. The van der Waals surface area contributed by atoms with Crippen molar-refractivity contribution in [3.63, 3.8) is 0 Å². The van der Waals surface area contributed by atoms with Crippen LogP contribution in [0.25, 0.3) is 10.2 Å². The first-order chi connectivity index (χ1) is 12.5. The molecule has 0 N–H and O–H groups in total. The Hall–Kier alpha value is -2.78. The van der Waals surface area contributed by atoms with E-state index in [1.807, 2.05) is 24.3 Å². The molecule has 3 aromatic rings. The maximum absolute atomic E-state index is 12.7. The number of hydrogen-bond donors (Lipinski definition) is 0. The Morgan fingerprint density at radius 2 is 2.00 bits per heavy atom. The normalized spacial score (nSPS) is 17.2. The zero-order valence-corrected chi connectivity index (χ0v) is 14.8. The van der Waals surface area contributed by atoms with E-state index in [4.69, 9.17) is 0 Å². The minimum absolute atomic E-state index is 0.0438. The van der Waals surface area contributed by atoms with Gasteiger partial charge in [-0.3, -0.25) is 19.7 Å². The molecule has 4 rings (SSSR count). The maximum Gasteiger partial charge on any atom is 0.271 e. The van der Waals surface area contributed by atoms with E-state index in [9.17, 15) is 19.7 Å². The highest BCUT2D eigenvalue weighted by molar-refractivity contribution is 8.02. The smallest absolute Gasteiger partial charge is 0.271 e. The van der Waals surface area contributed by atoms with Gasteiger partial charge in [-0.25, -0.2) is 9.88 Å². The molecule has 0 radical (unpaired) electrons. The SMILES string of the molecule is O=C1CC(Sc2nc3ccccc3s2)C(=O)N1c1cccc([N+](=O)[O-])c1. The molecule has 1 atom stereocenters. The van der Waals surface area contributed by atoms with E-state index in [1.54, 1.807) is 0 Å². The molecule has 0 bridgehead atoms. The van der Waals surface area contributed by atoms with Crippen molar-refractivity contribution >= 4 is 56.5 Å². The molecular weight excluding hydrogens is 374 g/mol. The number of aromatic nitrogens is 1. The van der Waals surface area contributed by atoms with Gasteiger partial charge in [0.05, 0.1) is 20.8 Å². The summed E-state index contributed by atoms with van der Waals surface area (Å²) >= 11 is 2.73. The summed E-state index contributed by atoms with van der Waals surface area (Å²) in [4.78, 5) is 40.9. The van der Waals surface area contributed by atoms with Crippen LogP contribution in [0.3, 0.4) is 0 Å². The monoisotopic (exact) mass is 385 g/mol. The highest BCUT2D eigenvalue weighted by Gasteiger charge is 2.41. The Bertz CT molecular complexity index is 1020. The lowest BCUT2D eigenvalue weighted by atomic mass is 10.2. The predicted molar refractivity (Wildman–Crippen MR) is 99.5 cm³/mol. The van der Waals surface area contributed by atoms with Crippen LogP contribution < -0.4 is 4.90 Å². The number of para-hydroxylation sites is 1. The van der Waals surface area contributed by atoms with Crippen LogP contribution in [0.2, 0.25) is 0 Å². The summed E-state index contributed by atoms with van der Waals surface area (Å²) in [6, 6.07) is 13.2. The van der Waals surface area contributed by atoms with E-state index in [0.717, 1.165) is 19.5 Å².